The average Bonchev–Trinajstić information content (AvgIpc) is 3.73. The zero-order valence-corrected chi connectivity index (χ0v) is 46.6. The van der Waals surface area contributed by atoms with Crippen molar-refractivity contribution < 1.29 is 66.5 Å². The quantitative estimate of drug-likeness (QED) is 0.0373. The Labute approximate surface area is 490 Å². The zero-order valence-electron chi connectivity index (χ0n) is 46.6. The van der Waals surface area contributed by atoms with Gasteiger partial charge in [0, 0.05) is 6.92 Å². The first-order valence-corrected chi connectivity index (χ1v) is 28.2. The number of carbonyl (C=O) groups excluding carboxylic acids is 3. The van der Waals surface area contributed by atoms with Crippen LogP contribution in [0.25, 0.3) is 0 Å². The molecule has 14 nitrogen and oxygen atoms in total. The SMILES string of the molecule is CC(=O)O[C@H]1[C@@H](OC(=O)c2ccccc2)[C@@H](OC(=O)c2ccccc2)[C@H](OCc2ccccc2)[C@@H](OCc2ccccc2)[C@@H]1O[C@H]1O[C@H](COCc2ccccc2)[C@H](OCc2ccccc2)[C@H](OCc2ccccc2)[C@H]1OCc1ccccc1. The van der Waals surface area contributed by atoms with Crippen LogP contribution in [0.3, 0.4) is 0 Å². The maximum atomic E-state index is 14.7. The van der Waals surface area contributed by atoms with E-state index < -0.39 is 85.2 Å². The number of carbonyl (C=O) groups is 3. The Morgan fingerprint density at radius 1 is 0.321 bits per heavy atom. The Morgan fingerprint density at radius 3 is 0.976 bits per heavy atom. The Kier molecular flexibility index (Phi) is 21.4. The molecule has 1 saturated carbocycles. The molecule has 84 heavy (non-hydrogen) atoms. The standard InChI is InChI=1S/C70H68O14/c1-49(71)80-65-64(62(78-46-54-34-18-6-19-35-54)61(77-45-53-32-16-5-17-33-53)63(82-68(72)56-38-22-8-23-39-56)66(65)83-69(73)57-40-24-9-25-41-57)84-70-67(79-47-55-36-20-7-21-37-55)60(76-44-52-30-14-4-15-31-52)59(75-43-51-28-12-3-13-29-51)58(81-70)48-74-42-50-26-10-2-11-27-50/h2-41,58-67,70H,42-48H2,1H3/t58-,59+,60+,61-,62-,63+,64+,65-,66+,67-,70-/m1/s1. The molecular weight excluding hydrogens is 1060 g/mol. The number of esters is 3. The summed E-state index contributed by atoms with van der Waals surface area (Å²) in [6.45, 7) is 1.81. The molecule has 11 atom stereocenters. The Bertz CT molecular complexity index is 3220. The molecular formula is C70H68O14. The molecule has 1 saturated heterocycles. The summed E-state index contributed by atoms with van der Waals surface area (Å²) in [5, 5.41) is 0. The van der Waals surface area contributed by atoms with Crippen LogP contribution < -0.4 is 0 Å². The van der Waals surface area contributed by atoms with Crippen molar-refractivity contribution in [2.24, 2.45) is 0 Å². The predicted molar refractivity (Wildman–Crippen MR) is 312 cm³/mol. The molecule has 8 aromatic rings. The van der Waals surface area contributed by atoms with Gasteiger partial charge in [-0.2, -0.15) is 0 Å². The summed E-state index contributed by atoms with van der Waals surface area (Å²) >= 11 is 0. The summed E-state index contributed by atoms with van der Waals surface area (Å²) in [6, 6.07) is 74.7. The smallest absolute Gasteiger partial charge is 0.338 e. The predicted octanol–water partition coefficient (Wildman–Crippen LogP) is 11.6. The molecule has 1 aliphatic heterocycles. The minimum absolute atomic E-state index is 0.00553. The van der Waals surface area contributed by atoms with Crippen LogP contribution in [-0.4, -0.2) is 91.8 Å². The van der Waals surface area contributed by atoms with Gasteiger partial charge in [-0.1, -0.05) is 218 Å². The minimum atomic E-state index is -1.61. The lowest BCUT2D eigenvalue weighted by Crippen LogP contribution is -2.70. The third kappa shape index (κ3) is 16.3. The van der Waals surface area contributed by atoms with Gasteiger partial charge in [-0.15, -0.1) is 0 Å². The van der Waals surface area contributed by atoms with Gasteiger partial charge in [-0.25, -0.2) is 9.59 Å². The monoisotopic (exact) mass is 1130 g/mol. The Hall–Kier alpha value is -8.15. The van der Waals surface area contributed by atoms with E-state index in [1.54, 1.807) is 60.7 Å². The molecule has 2 fully saturated rings. The first-order valence-electron chi connectivity index (χ1n) is 28.2. The van der Waals surface area contributed by atoms with Crippen molar-refractivity contribution in [3.05, 3.63) is 287 Å². The van der Waals surface area contributed by atoms with Crippen LogP contribution in [0.5, 0.6) is 0 Å². The van der Waals surface area contributed by atoms with Crippen LogP contribution in [0.2, 0.25) is 0 Å². The van der Waals surface area contributed by atoms with Crippen LogP contribution >= 0.6 is 0 Å². The Balaban J connectivity index is 1.12. The normalized spacial score (nSPS) is 23.0. The summed E-state index contributed by atoms with van der Waals surface area (Å²) in [4.78, 5) is 43.1. The van der Waals surface area contributed by atoms with Gasteiger partial charge in [0.05, 0.1) is 57.4 Å². The maximum absolute atomic E-state index is 14.7. The van der Waals surface area contributed by atoms with Crippen molar-refractivity contribution in [3.8, 4) is 0 Å². The van der Waals surface area contributed by atoms with E-state index in [0.717, 1.165) is 33.4 Å². The van der Waals surface area contributed by atoms with Crippen LogP contribution in [0.4, 0.5) is 0 Å². The van der Waals surface area contributed by atoms with Crippen molar-refractivity contribution in [3.63, 3.8) is 0 Å². The van der Waals surface area contributed by atoms with E-state index in [1.165, 1.54) is 6.92 Å². The lowest BCUT2D eigenvalue weighted by Gasteiger charge is -2.51. The van der Waals surface area contributed by atoms with Gasteiger partial charge in [0.25, 0.3) is 0 Å². The van der Waals surface area contributed by atoms with Crippen molar-refractivity contribution in [2.45, 2.75) is 114 Å². The van der Waals surface area contributed by atoms with E-state index in [9.17, 15) is 14.4 Å². The second-order valence-electron chi connectivity index (χ2n) is 20.5. The van der Waals surface area contributed by atoms with Crippen LogP contribution in [0, 0.1) is 0 Å². The number of hydrogen-bond acceptors (Lipinski definition) is 14. The third-order valence-corrected chi connectivity index (χ3v) is 14.5. The second kappa shape index (κ2) is 30.4. The number of ether oxygens (including phenoxy) is 11. The highest BCUT2D eigenvalue weighted by molar-refractivity contribution is 5.90. The molecule has 0 radical (unpaired) electrons. The third-order valence-electron chi connectivity index (χ3n) is 14.5. The maximum Gasteiger partial charge on any atom is 0.338 e. The molecule has 0 amide bonds. The van der Waals surface area contributed by atoms with E-state index in [0.29, 0.717) is 0 Å². The molecule has 1 heterocycles. The molecule has 0 N–H and O–H groups in total. The molecule has 0 bridgehead atoms. The van der Waals surface area contributed by atoms with Crippen LogP contribution in [-0.2, 0) is 96.5 Å². The van der Waals surface area contributed by atoms with Crippen LogP contribution in [0.1, 0.15) is 61.0 Å². The van der Waals surface area contributed by atoms with Gasteiger partial charge in [0.15, 0.2) is 24.6 Å². The molecule has 2 aliphatic rings. The van der Waals surface area contributed by atoms with Crippen molar-refractivity contribution in [2.75, 3.05) is 6.61 Å². The second-order valence-corrected chi connectivity index (χ2v) is 20.5. The first-order chi connectivity index (χ1) is 41.3. The van der Waals surface area contributed by atoms with Gasteiger partial charge in [0.2, 0.25) is 0 Å². The summed E-state index contributed by atoms with van der Waals surface area (Å²) in [5.41, 5.74) is 5.51. The van der Waals surface area contributed by atoms with E-state index >= 15 is 0 Å². The average molecular weight is 1130 g/mol. The van der Waals surface area contributed by atoms with Gasteiger partial charge in [-0.05, 0) is 57.6 Å². The molecule has 0 unspecified atom stereocenters. The molecule has 8 aromatic carbocycles. The zero-order chi connectivity index (χ0) is 57.7. The first kappa shape index (κ1) is 59.0. The Morgan fingerprint density at radius 2 is 0.607 bits per heavy atom. The van der Waals surface area contributed by atoms with Crippen molar-refractivity contribution in [1.29, 1.82) is 0 Å². The summed E-state index contributed by atoms with van der Waals surface area (Å²) in [7, 11) is 0. The summed E-state index contributed by atoms with van der Waals surface area (Å²) in [6.07, 6.45) is -14.0. The van der Waals surface area contributed by atoms with Gasteiger partial charge < -0.3 is 52.1 Å². The fourth-order valence-corrected chi connectivity index (χ4v) is 10.3. The topological polar surface area (TPSA) is 153 Å². The fraction of sp³-hybridized carbons (Fsp3) is 0.271. The molecule has 14 heteroatoms. The lowest BCUT2D eigenvalue weighted by atomic mass is 9.83. The molecule has 0 spiro atoms. The van der Waals surface area contributed by atoms with Gasteiger partial charge in [-0.3, -0.25) is 4.79 Å². The number of benzene rings is 8. The largest absolute Gasteiger partial charge is 0.456 e. The van der Waals surface area contributed by atoms with E-state index in [2.05, 4.69) is 0 Å². The van der Waals surface area contributed by atoms with Crippen molar-refractivity contribution in [1.82, 2.24) is 0 Å². The fourth-order valence-electron chi connectivity index (χ4n) is 10.3. The molecule has 0 aromatic heterocycles. The summed E-state index contributed by atoms with van der Waals surface area (Å²) in [5.74, 6) is -2.33. The highest BCUT2D eigenvalue weighted by atomic mass is 16.7. The van der Waals surface area contributed by atoms with E-state index in [-0.39, 0.29) is 57.4 Å². The molecule has 10 rings (SSSR count). The highest BCUT2D eigenvalue weighted by Gasteiger charge is 2.60. The van der Waals surface area contributed by atoms with E-state index in [1.807, 2.05) is 182 Å². The van der Waals surface area contributed by atoms with Gasteiger partial charge >= 0.3 is 17.9 Å². The van der Waals surface area contributed by atoms with Crippen LogP contribution in [0.15, 0.2) is 243 Å². The molecule has 432 valence electrons. The highest BCUT2D eigenvalue weighted by Crippen LogP contribution is 2.40. The minimum Gasteiger partial charge on any atom is -0.456 e. The summed E-state index contributed by atoms with van der Waals surface area (Å²) < 4.78 is 76.1. The van der Waals surface area contributed by atoms with Gasteiger partial charge in [0.1, 0.15) is 42.7 Å². The lowest BCUT2D eigenvalue weighted by molar-refractivity contribution is -0.360. The molecule has 1 aliphatic carbocycles. The number of rotatable bonds is 26. The van der Waals surface area contributed by atoms with E-state index in [4.69, 9.17) is 52.1 Å². The van der Waals surface area contributed by atoms with Crippen molar-refractivity contribution >= 4 is 17.9 Å². The number of hydrogen-bond donors (Lipinski definition) is 0.